The highest BCUT2D eigenvalue weighted by Gasteiger charge is 2.28. The van der Waals surface area contributed by atoms with Crippen molar-refractivity contribution in [2.24, 2.45) is 0 Å². The van der Waals surface area contributed by atoms with Gasteiger partial charge in [0.2, 0.25) is 0 Å². The molecule has 122 valence electrons. The molecule has 1 aliphatic rings. The molecule has 2 atom stereocenters. The Hall–Kier alpha value is -2.27. The molecule has 0 spiro atoms. The predicted octanol–water partition coefficient (Wildman–Crippen LogP) is 3.35. The number of aryl methyl sites for hydroxylation is 1. The summed E-state index contributed by atoms with van der Waals surface area (Å²) in [7, 11) is 0. The second kappa shape index (κ2) is 5.38. The van der Waals surface area contributed by atoms with Crippen molar-refractivity contribution < 1.29 is 19.7 Å². The quantitative estimate of drug-likeness (QED) is 0.602. The molecule has 0 aromatic heterocycles. The number of hydrogen-bond donors (Lipinski definition) is 3. The first-order chi connectivity index (χ1) is 11.5. The van der Waals surface area contributed by atoms with Crippen LogP contribution in [-0.4, -0.2) is 21.4 Å². The van der Waals surface area contributed by atoms with Gasteiger partial charge in [0.25, 0.3) is 0 Å². The van der Waals surface area contributed by atoms with E-state index in [0.29, 0.717) is 16.5 Å². The molecule has 0 radical (unpaired) electrons. The first-order valence-electron chi connectivity index (χ1n) is 7.86. The van der Waals surface area contributed by atoms with E-state index in [1.54, 1.807) is 18.2 Å². The lowest BCUT2D eigenvalue weighted by molar-refractivity contribution is 0.0465. The number of rotatable bonds is 1. The molecule has 3 aromatic carbocycles. The Bertz CT molecular complexity index is 1010. The number of fused-ring (bicyclic) bond motifs is 4. The fourth-order valence-electron chi connectivity index (χ4n) is 3.83. The Morgan fingerprint density at radius 3 is 2.54 bits per heavy atom. The summed E-state index contributed by atoms with van der Waals surface area (Å²) in [6.07, 6.45) is 1.20. The van der Waals surface area contributed by atoms with Crippen LogP contribution in [0.25, 0.3) is 27.6 Å². The van der Waals surface area contributed by atoms with E-state index in [1.165, 1.54) is 12.1 Å². The van der Waals surface area contributed by atoms with Crippen molar-refractivity contribution >= 4 is 27.6 Å². The highest BCUT2D eigenvalue weighted by atomic mass is 19.1. The van der Waals surface area contributed by atoms with Gasteiger partial charge >= 0.3 is 0 Å². The third-order valence-electron chi connectivity index (χ3n) is 4.97. The highest BCUT2D eigenvalue weighted by molar-refractivity contribution is 6.11. The number of halogens is 1. The average molecular weight is 324 g/mol. The second-order valence-electron chi connectivity index (χ2n) is 6.21. The fourth-order valence-corrected chi connectivity index (χ4v) is 3.83. The second-order valence-corrected chi connectivity index (χ2v) is 6.21. The van der Waals surface area contributed by atoms with Crippen molar-refractivity contribution in [1.82, 2.24) is 0 Å². The van der Waals surface area contributed by atoms with Crippen LogP contribution in [0.5, 0.6) is 0 Å². The number of benzene rings is 3. The van der Waals surface area contributed by atoms with Gasteiger partial charge in [-0.15, -0.1) is 0 Å². The lowest BCUT2D eigenvalue weighted by atomic mass is 9.81. The van der Waals surface area contributed by atoms with E-state index in [2.05, 4.69) is 0 Å². The molecule has 0 fully saturated rings. The maximum absolute atomic E-state index is 14.2. The van der Waals surface area contributed by atoms with Gasteiger partial charge in [-0.05, 0) is 51.4 Å². The molecular weight excluding hydrogens is 307 g/mol. The normalized spacial score (nSPS) is 19.9. The van der Waals surface area contributed by atoms with Crippen LogP contribution in [0.1, 0.15) is 28.4 Å². The minimum Gasteiger partial charge on any atom is -0.392 e. The molecule has 3 aromatic rings. The Kier molecular flexibility index (Phi) is 3.42. The lowest BCUT2D eigenvalue weighted by Gasteiger charge is -2.27. The zero-order chi connectivity index (χ0) is 17.0. The minimum atomic E-state index is -1.07. The van der Waals surface area contributed by atoms with Crippen LogP contribution in [0.4, 0.5) is 4.39 Å². The van der Waals surface area contributed by atoms with Gasteiger partial charge in [0.05, 0.1) is 6.61 Å². The molecular formula is C20H17FO3. The van der Waals surface area contributed by atoms with Crippen molar-refractivity contribution in [3.05, 3.63) is 64.5 Å². The topological polar surface area (TPSA) is 60.7 Å². The fraction of sp³-hybridized carbons (Fsp3) is 0.200. The van der Waals surface area contributed by atoms with Gasteiger partial charge in [0.1, 0.15) is 18.0 Å². The average Bonchev–Trinajstić information content (AvgIpc) is 2.58. The van der Waals surface area contributed by atoms with Crippen molar-refractivity contribution in [3.8, 4) is 0 Å². The van der Waals surface area contributed by atoms with Crippen LogP contribution in [-0.2, 0) is 6.61 Å². The third-order valence-corrected chi connectivity index (χ3v) is 4.97. The summed E-state index contributed by atoms with van der Waals surface area (Å²) in [5.74, 6) is -0.308. The van der Waals surface area contributed by atoms with Gasteiger partial charge in [0, 0.05) is 5.39 Å². The van der Waals surface area contributed by atoms with Gasteiger partial charge in [-0.25, -0.2) is 4.39 Å². The Morgan fingerprint density at radius 1 is 1.04 bits per heavy atom. The van der Waals surface area contributed by atoms with Gasteiger partial charge in [-0.1, -0.05) is 36.4 Å². The molecule has 0 unspecified atom stereocenters. The van der Waals surface area contributed by atoms with Crippen LogP contribution < -0.4 is 0 Å². The maximum atomic E-state index is 14.2. The summed E-state index contributed by atoms with van der Waals surface area (Å²) >= 11 is 0. The molecule has 0 bridgehead atoms. The van der Waals surface area contributed by atoms with Crippen molar-refractivity contribution in [1.29, 1.82) is 0 Å². The van der Waals surface area contributed by atoms with Crippen LogP contribution in [0.3, 0.4) is 0 Å². The molecule has 1 aliphatic carbocycles. The number of aliphatic hydroxyl groups excluding tert-OH is 3. The van der Waals surface area contributed by atoms with E-state index in [9.17, 15) is 19.7 Å². The van der Waals surface area contributed by atoms with Gasteiger partial charge in [-0.2, -0.15) is 0 Å². The van der Waals surface area contributed by atoms with Crippen LogP contribution in [0.2, 0.25) is 0 Å². The summed E-state index contributed by atoms with van der Waals surface area (Å²) in [4.78, 5) is 0. The van der Waals surface area contributed by atoms with E-state index in [4.69, 9.17) is 0 Å². The highest BCUT2D eigenvalue weighted by Crippen LogP contribution is 2.41. The number of hydrogen-bond acceptors (Lipinski definition) is 3. The smallest absolute Gasteiger partial charge is 0.131 e. The summed E-state index contributed by atoms with van der Waals surface area (Å²) in [6, 6.07) is 8.43. The van der Waals surface area contributed by atoms with Crippen LogP contribution >= 0.6 is 0 Å². The van der Waals surface area contributed by atoms with Crippen LogP contribution in [0.15, 0.2) is 36.4 Å². The zero-order valence-corrected chi connectivity index (χ0v) is 13.1. The van der Waals surface area contributed by atoms with E-state index < -0.39 is 12.2 Å². The number of aliphatic hydroxyl groups is 3. The molecule has 4 rings (SSSR count). The Morgan fingerprint density at radius 2 is 1.79 bits per heavy atom. The molecule has 3 N–H and O–H groups in total. The van der Waals surface area contributed by atoms with E-state index in [-0.39, 0.29) is 12.4 Å². The largest absolute Gasteiger partial charge is 0.392 e. The molecule has 0 saturated carbocycles. The first kappa shape index (κ1) is 15.3. The van der Waals surface area contributed by atoms with Crippen molar-refractivity contribution in [3.63, 3.8) is 0 Å². The molecule has 0 amide bonds. The van der Waals surface area contributed by atoms with Crippen LogP contribution in [0, 0.1) is 12.7 Å². The molecule has 3 nitrogen and oxygen atoms in total. The van der Waals surface area contributed by atoms with Gasteiger partial charge in [0.15, 0.2) is 0 Å². The summed E-state index contributed by atoms with van der Waals surface area (Å²) < 4.78 is 14.2. The molecule has 0 aliphatic heterocycles. The summed E-state index contributed by atoms with van der Waals surface area (Å²) in [5.41, 5.74) is 2.80. The Labute approximate surface area is 138 Å². The lowest BCUT2D eigenvalue weighted by Crippen LogP contribution is -2.21. The standard InChI is InChI=1S/C20H17FO3/c1-10-18-12-3-2-4-16(21)11(12)5-6-13(18)15(9-22)14-7-8-17(23)20(24)19(10)14/h2-8,17,20,22-24H,9H2,1H3/t17-,20+/m0/s1. The summed E-state index contributed by atoms with van der Waals surface area (Å²) in [6.45, 7) is 1.66. The zero-order valence-electron chi connectivity index (χ0n) is 13.1. The van der Waals surface area contributed by atoms with E-state index >= 15 is 0 Å². The monoisotopic (exact) mass is 324 g/mol. The van der Waals surface area contributed by atoms with Gasteiger partial charge in [-0.3, -0.25) is 0 Å². The Balaban J connectivity index is 2.25. The van der Waals surface area contributed by atoms with E-state index in [0.717, 1.165) is 27.3 Å². The predicted molar refractivity (Wildman–Crippen MR) is 92.1 cm³/mol. The molecule has 0 heterocycles. The minimum absolute atomic E-state index is 0.201. The van der Waals surface area contributed by atoms with Crippen molar-refractivity contribution in [2.45, 2.75) is 25.7 Å². The van der Waals surface area contributed by atoms with Crippen molar-refractivity contribution in [2.75, 3.05) is 0 Å². The van der Waals surface area contributed by atoms with Gasteiger partial charge < -0.3 is 15.3 Å². The maximum Gasteiger partial charge on any atom is 0.131 e. The molecule has 24 heavy (non-hydrogen) atoms. The molecule has 4 heteroatoms. The molecule has 0 saturated heterocycles. The van der Waals surface area contributed by atoms with E-state index in [1.807, 2.05) is 19.1 Å². The first-order valence-corrected chi connectivity index (χ1v) is 7.86. The summed E-state index contributed by atoms with van der Waals surface area (Å²) in [5, 5.41) is 33.2. The SMILES string of the molecule is Cc1c2c(c(CO)c3ccc4c(F)cccc4c13)C=C[C@H](O)[C@H]2O. The third kappa shape index (κ3) is 1.94.